The Balaban J connectivity index is 1.76. The lowest BCUT2D eigenvalue weighted by Crippen LogP contribution is -2.32. The van der Waals surface area contributed by atoms with E-state index < -0.39 is 17.6 Å². The molecule has 2 heterocycles. The molecule has 0 saturated carbocycles. The topological polar surface area (TPSA) is 62.3 Å². The molecule has 0 fully saturated rings. The van der Waals surface area contributed by atoms with Gasteiger partial charge in [-0.2, -0.15) is 0 Å². The predicted octanol–water partition coefficient (Wildman–Crippen LogP) is 4.23. The third-order valence-electron chi connectivity index (χ3n) is 4.86. The number of imide groups is 1. The van der Waals surface area contributed by atoms with E-state index in [-0.39, 0.29) is 17.8 Å². The Hall–Kier alpha value is -3.80. The molecule has 30 heavy (non-hydrogen) atoms. The molecule has 0 aliphatic carbocycles. The molecule has 0 unspecified atom stereocenters. The summed E-state index contributed by atoms with van der Waals surface area (Å²) in [5.41, 5.74) is 4.41. The molecule has 4 rings (SSSR count). The van der Waals surface area contributed by atoms with Crippen LogP contribution in [0.2, 0.25) is 0 Å². The molecule has 1 N–H and O–H groups in total. The molecule has 1 aromatic heterocycles. The van der Waals surface area contributed by atoms with Gasteiger partial charge in [0.05, 0.1) is 12.1 Å². The van der Waals surface area contributed by atoms with Crippen LogP contribution in [-0.4, -0.2) is 21.7 Å². The van der Waals surface area contributed by atoms with Crippen molar-refractivity contribution < 1.29 is 14.0 Å². The highest BCUT2D eigenvalue weighted by Gasteiger charge is 2.39. The van der Waals surface area contributed by atoms with Gasteiger partial charge in [0.2, 0.25) is 0 Å². The Morgan fingerprint density at radius 1 is 0.967 bits per heavy atom. The normalized spacial score (nSPS) is 13.9. The van der Waals surface area contributed by atoms with Crippen molar-refractivity contribution in [3.05, 3.63) is 101 Å². The van der Waals surface area contributed by atoms with Crippen LogP contribution in [0.15, 0.2) is 72.7 Å². The number of halogens is 1. The van der Waals surface area contributed by atoms with E-state index in [2.05, 4.69) is 10.3 Å². The minimum atomic E-state index is -0.428. The van der Waals surface area contributed by atoms with Gasteiger partial charge in [-0.05, 0) is 66.4 Å². The summed E-state index contributed by atoms with van der Waals surface area (Å²) in [6.07, 6.45) is 3.25. The van der Waals surface area contributed by atoms with E-state index in [1.54, 1.807) is 24.5 Å². The Bertz CT molecular complexity index is 1130. The number of carbonyl (C=O) groups is 2. The Kier molecular flexibility index (Phi) is 5.14. The van der Waals surface area contributed by atoms with Gasteiger partial charge in [0.1, 0.15) is 11.5 Å². The number of pyridine rings is 1. The van der Waals surface area contributed by atoms with Crippen molar-refractivity contribution in [3.63, 3.8) is 0 Å². The third-order valence-corrected chi connectivity index (χ3v) is 4.86. The maximum atomic E-state index is 13.4. The van der Waals surface area contributed by atoms with Crippen LogP contribution >= 0.6 is 0 Å². The van der Waals surface area contributed by atoms with Gasteiger partial charge < -0.3 is 5.32 Å². The zero-order valence-electron chi connectivity index (χ0n) is 16.6. The summed E-state index contributed by atoms with van der Waals surface area (Å²) in [4.78, 5) is 31.7. The van der Waals surface area contributed by atoms with E-state index in [1.807, 2.05) is 32.0 Å². The van der Waals surface area contributed by atoms with Gasteiger partial charge in [-0.15, -0.1) is 0 Å². The molecule has 2 aromatic carbocycles. The van der Waals surface area contributed by atoms with E-state index >= 15 is 0 Å². The molecule has 3 aromatic rings. The highest BCUT2D eigenvalue weighted by atomic mass is 19.1. The zero-order chi connectivity index (χ0) is 21.3. The predicted molar refractivity (Wildman–Crippen MR) is 113 cm³/mol. The van der Waals surface area contributed by atoms with Gasteiger partial charge in [0, 0.05) is 18.1 Å². The van der Waals surface area contributed by atoms with Crippen LogP contribution in [0.3, 0.4) is 0 Å². The molecule has 0 spiro atoms. The fourth-order valence-corrected chi connectivity index (χ4v) is 3.59. The summed E-state index contributed by atoms with van der Waals surface area (Å²) in [6, 6.07) is 15.0. The number of hydrogen-bond donors (Lipinski definition) is 1. The standard InChI is InChI=1S/C24H20FN3O2/c1-15-10-16(2)12-20(11-15)27-22-21(18-5-7-19(25)8-6-18)23(29)28(24(22)30)14-17-4-3-9-26-13-17/h3-13,27H,14H2,1-2H3. The SMILES string of the molecule is Cc1cc(C)cc(NC2=C(c3ccc(F)cc3)C(=O)N(Cc3cccnc3)C2=O)c1. The minimum Gasteiger partial charge on any atom is -0.350 e. The minimum absolute atomic E-state index is 0.105. The summed E-state index contributed by atoms with van der Waals surface area (Å²) in [5, 5.41) is 3.14. The molecule has 0 bridgehead atoms. The summed E-state index contributed by atoms with van der Waals surface area (Å²) in [6.45, 7) is 4.03. The number of benzene rings is 2. The molecular weight excluding hydrogens is 381 g/mol. The van der Waals surface area contributed by atoms with Crippen molar-refractivity contribution in [2.75, 3.05) is 5.32 Å². The van der Waals surface area contributed by atoms with Gasteiger partial charge in [-0.1, -0.05) is 24.3 Å². The van der Waals surface area contributed by atoms with Crippen LogP contribution in [0.1, 0.15) is 22.3 Å². The number of carbonyl (C=O) groups excluding carboxylic acids is 2. The van der Waals surface area contributed by atoms with Crippen molar-refractivity contribution >= 4 is 23.1 Å². The van der Waals surface area contributed by atoms with Crippen molar-refractivity contribution in [3.8, 4) is 0 Å². The lowest BCUT2D eigenvalue weighted by atomic mass is 10.0. The number of aromatic nitrogens is 1. The van der Waals surface area contributed by atoms with E-state index in [0.717, 1.165) is 16.7 Å². The summed E-state index contributed by atoms with van der Waals surface area (Å²) in [5.74, 6) is -1.27. The van der Waals surface area contributed by atoms with E-state index in [0.29, 0.717) is 11.3 Å². The third kappa shape index (κ3) is 3.85. The number of amides is 2. The second-order valence-electron chi connectivity index (χ2n) is 7.32. The number of aryl methyl sites for hydroxylation is 2. The number of nitrogens with one attached hydrogen (secondary N) is 1. The fourth-order valence-electron chi connectivity index (χ4n) is 3.59. The van der Waals surface area contributed by atoms with Crippen LogP contribution in [0.25, 0.3) is 5.57 Å². The van der Waals surface area contributed by atoms with Gasteiger partial charge >= 0.3 is 0 Å². The number of hydrogen-bond acceptors (Lipinski definition) is 4. The van der Waals surface area contributed by atoms with E-state index in [1.165, 1.54) is 29.2 Å². The smallest absolute Gasteiger partial charge is 0.278 e. The molecule has 0 atom stereocenters. The molecule has 6 heteroatoms. The van der Waals surface area contributed by atoms with Gasteiger partial charge in [0.15, 0.2) is 0 Å². The lowest BCUT2D eigenvalue weighted by Gasteiger charge is -2.15. The fraction of sp³-hybridized carbons (Fsp3) is 0.125. The van der Waals surface area contributed by atoms with E-state index in [9.17, 15) is 14.0 Å². The maximum absolute atomic E-state index is 13.4. The van der Waals surface area contributed by atoms with Crippen LogP contribution < -0.4 is 5.32 Å². The molecule has 1 aliphatic rings. The molecule has 2 amide bonds. The number of rotatable bonds is 5. The summed E-state index contributed by atoms with van der Waals surface area (Å²) >= 11 is 0. The first-order valence-corrected chi connectivity index (χ1v) is 9.53. The monoisotopic (exact) mass is 401 g/mol. The van der Waals surface area contributed by atoms with Gasteiger partial charge in [0.25, 0.3) is 11.8 Å². The average Bonchev–Trinajstić information content (AvgIpc) is 2.93. The first-order valence-electron chi connectivity index (χ1n) is 9.53. The molecule has 0 radical (unpaired) electrons. The van der Waals surface area contributed by atoms with Crippen molar-refractivity contribution in [2.24, 2.45) is 0 Å². The molecule has 5 nitrogen and oxygen atoms in total. The summed E-state index contributed by atoms with van der Waals surface area (Å²) < 4.78 is 13.4. The summed E-state index contributed by atoms with van der Waals surface area (Å²) in [7, 11) is 0. The Morgan fingerprint density at radius 2 is 1.67 bits per heavy atom. The Morgan fingerprint density at radius 3 is 2.30 bits per heavy atom. The molecular formula is C24H20FN3O2. The first-order chi connectivity index (χ1) is 14.4. The van der Waals surface area contributed by atoms with Crippen LogP contribution in [0.4, 0.5) is 10.1 Å². The van der Waals surface area contributed by atoms with Crippen molar-refractivity contribution in [1.82, 2.24) is 9.88 Å². The largest absolute Gasteiger partial charge is 0.350 e. The van der Waals surface area contributed by atoms with Gasteiger partial charge in [-0.25, -0.2) is 4.39 Å². The molecule has 0 saturated heterocycles. The van der Waals surface area contributed by atoms with Crippen molar-refractivity contribution in [2.45, 2.75) is 20.4 Å². The highest BCUT2D eigenvalue weighted by molar-refractivity contribution is 6.36. The Labute approximate surface area is 173 Å². The van der Waals surface area contributed by atoms with Crippen LogP contribution in [-0.2, 0) is 16.1 Å². The quantitative estimate of drug-likeness (QED) is 0.650. The van der Waals surface area contributed by atoms with Crippen molar-refractivity contribution in [1.29, 1.82) is 0 Å². The highest BCUT2D eigenvalue weighted by Crippen LogP contribution is 2.32. The first kappa shape index (κ1) is 19.5. The molecule has 150 valence electrons. The number of anilines is 1. The van der Waals surface area contributed by atoms with E-state index in [4.69, 9.17) is 0 Å². The average molecular weight is 401 g/mol. The van der Waals surface area contributed by atoms with Crippen LogP contribution in [0.5, 0.6) is 0 Å². The molecule has 1 aliphatic heterocycles. The van der Waals surface area contributed by atoms with Crippen LogP contribution in [0, 0.1) is 19.7 Å². The second kappa shape index (κ2) is 7.91. The van der Waals surface area contributed by atoms with Gasteiger partial charge in [-0.3, -0.25) is 19.5 Å². The number of nitrogens with zero attached hydrogens (tertiary/aromatic N) is 2. The lowest BCUT2D eigenvalue weighted by molar-refractivity contribution is -0.137. The maximum Gasteiger partial charge on any atom is 0.278 e. The zero-order valence-corrected chi connectivity index (χ0v) is 16.6. The second-order valence-corrected chi connectivity index (χ2v) is 7.32.